The molecule has 3 aromatic rings. The number of thiazole rings is 1. The molecule has 0 bridgehead atoms. The highest BCUT2D eigenvalue weighted by atomic mass is 32.1. The number of anilines is 1. The van der Waals surface area contributed by atoms with E-state index in [4.69, 9.17) is 20.6 Å². The molecule has 0 atom stereocenters. The predicted molar refractivity (Wildman–Crippen MR) is 93.8 cm³/mol. The molecule has 0 radical (unpaired) electrons. The van der Waals surface area contributed by atoms with E-state index >= 15 is 0 Å². The fourth-order valence-corrected chi connectivity index (χ4v) is 3.14. The highest BCUT2D eigenvalue weighted by molar-refractivity contribution is 7.10. The molecule has 1 aromatic heterocycles. The molecule has 0 amide bonds. The molecule has 3 rings (SSSR count). The molecule has 118 valence electrons. The number of rotatable bonds is 6. The zero-order chi connectivity index (χ0) is 16.1. The number of hydrogen-bond donors (Lipinski definition) is 2. The average molecular weight is 326 g/mol. The van der Waals surface area contributed by atoms with Gasteiger partial charge >= 0.3 is 0 Å². The zero-order valence-corrected chi connectivity index (χ0v) is 13.4. The maximum atomic E-state index is 8.79. The van der Waals surface area contributed by atoms with Crippen LogP contribution in [0.2, 0.25) is 0 Å². The Kier molecular flexibility index (Phi) is 4.90. The van der Waals surface area contributed by atoms with Crippen LogP contribution in [-0.2, 0) is 6.42 Å². The number of aliphatic hydroxyl groups excluding tert-OH is 1. The highest BCUT2D eigenvalue weighted by Gasteiger charge is 2.07. The van der Waals surface area contributed by atoms with E-state index in [0.29, 0.717) is 11.4 Å². The summed E-state index contributed by atoms with van der Waals surface area (Å²) in [7, 11) is 0. The second-order valence-corrected chi connectivity index (χ2v) is 6.06. The molecule has 0 unspecified atom stereocenters. The van der Waals surface area contributed by atoms with Crippen LogP contribution in [0.1, 0.15) is 10.6 Å². The summed E-state index contributed by atoms with van der Waals surface area (Å²) in [5.41, 5.74) is 9.79. The Bertz CT molecular complexity index is 772. The lowest BCUT2D eigenvalue weighted by molar-refractivity contribution is 0.202. The van der Waals surface area contributed by atoms with E-state index in [1.54, 1.807) is 11.3 Å². The number of nitrogens with zero attached hydrogens (tertiary/aromatic N) is 1. The lowest BCUT2D eigenvalue weighted by atomic mass is 10.1. The van der Waals surface area contributed by atoms with E-state index in [1.165, 1.54) is 0 Å². The smallest absolute Gasteiger partial charge is 0.142 e. The maximum Gasteiger partial charge on any atom is 0.142 e. The van der Waals surface area contributed by atoms with Crippen LogP contribution in [0.3, 0.4) is 0 Å². The van der Waals surface area contributed by atoms with Crippen LogP contribution < -0.4 is 10.5 Å². The molecule has 23 heavy (non-hydrogen) atoms. The molecule has 0 saturated carbocycles. The Balaban J connectivity index is 1.73. The standard InChI is InChI=1S/C18H18N2O2S/c19-15-10-13(6-7-17(15)22-9-8-21)11-18-20-16(12-23-18)14-4-2-1-3-5-14/h1-7,10,12,21H,8-9,11,19H2. The van der Waals surface area contributed by atoms with E-state index < -0.39 is 0 Å². The molecular weight excluding hydrogens is 308 g/mol. The molecule has 0 saturated heterocycles. The Morgan fingerprint density at radius 2 is 1.96 bits per heavy atom. The van der Waals surface area contributed by atoms with Crippen molar-refractivity contribution in [2.45, 2.75) is 6.42 Å². The van der Waals surface area contributed by atoms with Gasteiger partial charge in [-0.15, -0.1) is 11.3 Å². The summed E-state index contributed by atoms with van der Waals surface area (Å²) < 4.78 is 5.37. The summed E-state index contributed by atoms with van der Waals surface area (Å²) in [4.78, 5) is 4.69. The number of ether oxygens (including phenoxy) is 1. The van der Waals surface area contributed by atoms with Crippen molar-refractivity contribution in [3.63, 3.8) is 0 Å². The summed E-state index contributed by atoms with van der Waals surface area (Å²) >= 11 is 1.65. The Labute approximate surface area is 139 Å². The number of aliphatic hydroxyl groups is 1. The van der Waals surface area contributed by atoms with Crippen molar-refractivity contribution in [3.05, 3.63) is 64.5 Å². The molecule has 0 aliphatic rings. The summed E-state index contributed by atoms with van der Waals surface area (Å²) in [5, 5.41) is 11.9. The van der Waals surface area contributed by atoms with Gasteiger partial charge in [-0.2, -0.15) is 0 Å². The first-order chi connectivity index (χ1) is 11.3. The number of benzene rings is 2. The second kappa shape index (κ2) is 7.26. The number of nitrogens with two attached hydrogens (primary N) is 1. The minimum Gasteiger partial charge on any atom is -0.489 e. The quantitative estimate of drug-likeness (QED) is 0.682. The van der Waals surface area contributed by atoms with Gasteiger partial charge in [0.25, 0.3) is 0 Å². The SMILES string of the molecule is Nc1cc(Cc2nc(-c3ccccc3)cs2)ccc1OCCO. The van der Waals surface area contributed by atoms with Crippen molar-refractivity contribution in [1.29, 1.82) is 0 Å². The largest absolute Gasteiger partial charge is 0.489 e. The van der Waals surface area contributed by atoms with Gasteiger partial charge in [0, 0.05) is 17.4 Å². The van der Waals surface area contributed by atoms with Gasteiger partial charge in [0.15, 0.2) is 0 Å². The van der Waals surface area contributed by atoms with Crippen molar-refractivity contribution in [1.82, 2.24) is 4.98 Å². The van der Waals surface area contributed by atoms with Gasteiger partial charge in [-0.3, -0.25) is 0 Å². The van der Waals surface area contributed by atoms with Crippen LogP contribution in [0.15, 0.2) is 53.9 Å². The van der Waals surface area contributed by atoms with Crippen LogP contribution in [-0.4, -0.2) is 23.3 Å². The van der Waals surface area contributed by atoms with Gasteiger partial charge in [0.05, 0.1) is 23.0 Å². The lowest BCUT2D eigenvalue weighted by Gasteiger charge is -2.08. The first-order valence-electron chi connectivity index (χ1n) is 7.38. The first kappa shape index (κ1) is 15.5. The molecular formula is C18H18N2O2S. The van der Waals surface area contributed by atoms with E-state index in [-0.39, 0.29) is 13.2 Å². The Morgan fingerprint density at radius 3 is 2.70 bits per heavy atom. The third kappa shape index (κ3) is 3.88. The van der Waals surface area contributed by atoms with Crippen molar-refractivity contribution in [2.75, 3.05) is 18.9 Å². The molecule has 0 aliphatic heterocycles. The van der Waals surface area contributed by atoms with Crippen LogP contribution in [0.5, 0.6) is 5.75 Å². The fraction of sp³-hybridized carbons (Fsp3) is 0.167. The normalized spacial score (nSPS) is 10.7. The van der Waals surface area contributed by atoms with Crippen molar-refractivity contribution in [2.24, 2.45) is 0 Å². The minimum atomic E-state index is -0.0252. The van der Waals surface area contributed by atoms with Crippen LogP contribution in [0, 0.1) is 0 Å². The van der Waals surface area contributed by atoms with Gasteiger partial charge in [0.2, 0.25) is 0 Å². The van der Waals surface area contributed by atoms with Gasteiger partial charge in [-0.1, -0.05) is 36.4 Å². The van der Waals surface area contributed by atoms with Crippen molar-refractivity contribution < 1.29 is 9.84 Å². The van der Waals surface area contributed by atoms with Crippen molar-refractivity contribution >= 4 is 17.0 Å². The van der Waals surface area contributed by atoms with Crippen LogP contribution >= 0.6 is 11.3 Å². The molecule has 4 nitrogen and oxygen atoms in total. The van der Waals surface area contributed by atoms with Crippen molar-refractivity contribution in [3.8, 4) is 17.0 Å². The van der Waals surface area contributed by atoms with Gasteiger partial charge in [-0.05, 0) is 17.7 Å². The predicted octanol–water partition coefficient (Wildman–Crippen LogP) is 3.35. The summed E-state index contributed by atoms with van der Waals surface area (Å²) in [6.45, 7) is 0.221. The maximum absolute atomic E-state index is 8.79. The number of nitrogen functional groups attached to an aromatic ring is 1. The van der Waals surface area contributed by atoms with Crippen LogP contribution in [0.4, 0.5) is 5.69 Å². The van der Waals surface area contributed by atoms with Gasteiger partial charge in [-0.25, -0.2) is 4.98 Å². The summed E-state index contributed by atoms with van der Waals surface area (Å²) in [6.07, 6.45) is 0.738. The summed E-state index contributed by atoms with van der Waals surface area (Å²) in [6, 6.07) is 15.9. The zero-order valence-electron chi connectivity index (χ0n) is 12.6. The minimum absolute atomic E-state index is 0.0252. The first-order valence-corrected chi connectivity index (χ1v) is 8.26. The van der Waals surface area contributed by atoms with Crippen LogP contribution in [0.25, 0.3) is 11.3 Å². The Hall–Kier alpha value is -2.37. The number of hydrogen-bond acceptors (Lipinski definition) is 5. The van der Waals surface area contributed by atoms with Gasteiger partial charge in [0.1, 0.15) is 12.4 Å². The molecule has 0 aliphatic carbocycles. The monoisotopic (exact) mass is 326 g/mol. The Morgan fingerprint density at radius 1 is 1.13 bits per heavy atom. The average Bonchev–Trinajstić information content (AvgIpc) is 3.03. The third-order valence-corrected chi connectivity index (χ3v) is 4.25. The second-order valence-electron chi connectivity index (χ2n) is 5.11. The fourth-order valence-electron chi connectivity index (χ4n) is 2.30. The lowest BCUT2D eigenvalue weighted by Crippen LogP contribution is -2.04. The van der Waals surface area contributed by atoms with Gasteiger partial charge < -0.3 is 15.6 Å². The molecule has 1 heterocycles. The molecule has 0 fully saturated rings. The summed E-state index contributed by atoms with van der Waals surface area (Å²) in [5.74, 6) is 0.604. The van der Waals surface area contributed by atoms with E-state index in [0.717, 1.165) is 28.2 Å². The van der Waals surface area contributed by atoms with E-state index in [9.17, 15) is 0 Å². The third-order valence-electron chi connectivity index (χ3n) is 3.40. The molecule has 2 aromatic carbocycles. The number of aromatic nitrogens is 1. The molecule has 3 N–H and O–H groups in total. The van der Waals surface area contributed by atoms with E-state index in [2.05, 4.69) is 17.5 Å². The molecule has 5 heteroatoms. The highest BCUT2D eigenvalue weighted by Crippen LogP contribution is 2.26. The molecule has 0 spiro atoms. The topological polar surface area (TPSA) is 68.4 Å². The van der Waals surface area contributed by atoms with E-state index in [1.807, 2.05) is 36.4 Å².